The Morgan fingerprint density at radius 3 is 2.62 bits per heavy atom. The van der Waals surface area contributed by atoms with E-state index in [1.54, 1.807) is 5.48 Å². The van der Waals surface area contributed by atoms with E-state index in [-0.39, 0.29) is 11.8 Å². The molecule has 4 heteroatoms. The molecule has 1 fully saturated rings. The maximum absolute atomic E-state index is 11.2. The molecule has 1 atom stereocenters. The lowest BCUT2D eigenvalue weighted by molar-refractivity contribution is -0.133. The molecule has 1 aliphatic rings. The van der Waals surface area contributed by atoms with E-state index in [0.717, 1.165) is 25.6 Å². The fourth-order valence-corrected chi connectivity index (χ4v) is 2.45. The summed E-state index contributed by atoms with van der Waals surface area (Å²) in [6.45, 7) is 7.02. The molecule has 1 saturated heterocycles. The Kier molecular flexibility index (Phi) is 5.77. The molecule has 4 nitrogen and oxygen atoms in total. The second-order valence-corrected chi connectivity index (χ2v) is 4.91. The maximum atomic E-state index is 11.2. The van der Waals surface area contributed by atoms with Crippen LogP contribution in [-0.2, 0) is 4.79 Å². The van der Waals surface area contributed by atoms with E-state index < -0.39 is 0 Å². The molecule has 0 bridgehead atoms. The number of nitrogens with one attached hydrogen (secondary N) is 1. The van der Waals surface area contributed by atoms with E-state index >= 15 is 0 Å². The molecule has 0 aromatic carbocycles. The topological polar surface area (TPSA) is 52.6 Å². The van der Waals surface area contributed by atoms with Crippen molar-refractivity contribution in [2.24, 2.45) is 11.8 Å². The number of likely N-dealkylation sites (tertiary alicyclic amines) is 1. The Hall–Kier alpha value is -0.610. The van der Waals surface area contributed by atoms with Gasteiger partial charge < -0.3 is 4.90 Å². The van der Waals surface area contributed by atoms with Gasteiger partial charge in [0.05, 0.1) is 0 Å². The first-order chi connectivity index (χ1) is 7.67. The summed E-state index contributed by atoms with van der Waals surface area (Å²) in [5, 5.41) is 8.53. The minimum absolute atomic E-state index is 0.132. The Morgan fingerprint density at radius 2 is 2.12 bits per heavy atom. The monoisotopic (exact) mass is 228 g/mol. The maximum Gasteiger partial charge on any atom is 0.247 e. The molecule has 0 aromatic rings. The molecule has 0 aromatic heterocycles. The van der Waals surface area contributed by atoms with Gasteiger partial charge in [-0.1, -0.05) is 26.7 Å². The number of carbonyl (C=O) groups is 1. The van der Waals surface area contributed by atoms with Crippen LogP contribution in [0.1, 0.15) is 39.5 Å². The molecular formula is C12H24N2O2. The quantitative estimate of drug-likeness (QED) is 0.555. The number of hydroxylamine groups is 1. The summed E-state index contributed by atoms with van der Waals surface area (Å²) in [7, 11) is 0. The van der Waals surface area contributed by atoms with Gasteiger partial charge in [-0.15, -0.1) is 0 Å². The Morgan fingerprint density at radius 1 is 1.50 bits per heavy atom. The fourth-order valence-electron chi connectivity index (χ4n) is 2.45. The highest BCUT2D eigenvalue weighted by atomic mass is 16.5. The molecule has 2 N–H and O–H groups in total. The van der Waals surface area contributed by atoms with Gasteiger partial charge >= 0.3 is 0 Å². The molecule has 0 radical (unpaired) electrons. The molecule has 16 heavy (non-hydrogen) atoms. The molecule has 0 aliphatic carbocycles. The number of rotatable bonds is 5. The van der Waals surface area contributed by atoms with Crippen LogP contribution in [0.15, 0.2) is 0 Å². The second kappa shape index (κ2) is 6.86. The van der Waals surface area contributed by atoms with Crippen molar-refractivity contribution in [3.63, 3.8) is 0 Å². The van der Waals surface area contributed by atoms with Gasteiger partial charge in [-0.05, 0) is 31.8 Å². The van der Waals surface area contributed by atoms with Crippen LogP contribution in [0.25, 0.3) is 0 Å². The fraction of sp³-hybridized carbons (Fsp3) is 0.917. The minimum atomic E-state index is -0.282. The van der Waals surface area contributed by atoms with E-state index in [1.165, 1.54) is 25.7 Å². The van der Waals surface area contributed by atoms with Gasteiger partial charge in [-0.25, -0.2) is 5.48 Å². The Labute approximate surface area is 98.0 Å². The van der Waals surface area contributed by atoms with E-state index in [0.29, 0.717) is 0 Å². The van der Waals surface area contributed by atoms with Gasteiger partial charge in [-0.2, -0.15) is 0 Å². The number of hydrogen-bond donors (Lipinski definition) is 2. The average Bonchev–Trinajstić information content (AvgIpc) is 2.31. The van der Waals surface area contributed by atoms with Gasteiger partial charge in [0.2, 0.25) is 5.91 Å². The van der Waals surface area contributed by atoms with Crippen LogP contribution >= 0.6 is 0 Å². The summed E-state index contributed by atoms with van der Waals surface area (Å²) < 4.78 is 0. The van der Waals surface area contributed by atoms with Crippen molar-refractivity contribution < 1.29 is 10.0 Å². The number of amides is 1. The lowest BCUT2D eigenvalue weighted by Crippen LogP contribution is -2.40. The molecule has 1 rings (SSSR count). The lowest BCUT2D eigenvalue weighted by Gasteiger charge is -2.33. The number of piperidine rings is 1. The highest BCUT2D eigenvalue weighted by Gasteiger charge is 2.22. The highest BCUT2D eigenvalue weighted by Crippen LogP contribution is 2.22. The predicted octanol–water partition coefficient (Wildman–Crippen LogP) is 1.64. The zero-order valence-corrected chi connectivity index (χ0v) is 10.4. The van der Waals surface area contributed by atoms with Gasteiger partial charge in [0.25, 0.3) is 0 Å². The van der Waals surface area contributed by atoms with Crippen LogP contribution in [0.5, 0.6) is 0 Å². The van der Waals surface area contributed by atoms with Crippen LogP contribution in [-0.4, -0.2) is 35.6 Å². The Bertz CT molecular complexity index is 213. The summed E-state index contributed by atoms with van der Waals surface area (Å²) in [6, 6.07) is 0. The molecular weight excluding hydrogens is 204 g/mol. The average molecular weight is 228 g/mol. The highest BCUT2D eigenvalue weighted by molar-refractivity contribution is 5.77. The van der Waals surface area contributed by atoms with Crippen LogP contribution < -0.4 is 5.48 Å². The number of carbonyl (C=O) groups excluding carboxylic acids is 1. The van der Waals surface area contributed by atoms with Gasteiger partial charge in [-0.3, -0.25) is 10.0 Å². The lowest BCUT2D eigenvalue weighted by atomic mass is 9.92. The van der Waals surface area contributed by atoms with Crippen LogP contribution in [0.4, 0.5) is 0 Å². The van der Waals surface area contributed by atoms with E-state index in [2.05, 4.69) is 11.8 Å². The molecule has 0 saturated carbocycles. The summed E-state index contributed by atoms with van der Waals surface area (Å²) >= 11 is 0. The number of hydrogen-bond acceptors (Lipinski definition) is 3. The smallest absolute Gasteiger partial charge is 0.247 e. The largest absolute Gasteiger partial charge is 0.303 e. The van der Waals surface area contributed by atoms with Crippen molar-refractivity contribution >= 4 is 5.91 Å². The van der Waals surface area contributed by atoms with E-state index in [9.17, 15) is 4.79 Å². The molecule has 1 amide bonds. The van der Waals surface area contributed by atoms with Crippen molar-refractivity contribution in [2.75, 3.05) is 19.6 Å². The third kappa shape index (κ3) is 4.10. The third-order valence-electron chi connectivity index (χ3n) is 3.49. The van der Waals surface area contributed by atoms with Crippen molar-refractivity contribution in [2.45, 2.75) is 39.5 Å². The molecule has 1 heterocycles. The summed E-state index contributed by atoms with van der Waals surface area (Å²) in [5.41, 5.74) is 1.72. The van der Waals surface area contributed by atoms with Crippen LogP contribution in [0, 0.1) is 11.8 Å². The molecule has 0 spiro atoms. The minimum Gasteiger partial charge on any atom is -0.303 e. The molecule has 1 unspecified atom stereocenters. The predicted molar refractivity (Wildman–Crippen MR) is 63.2 cm³/mol. The summed E-state index contributed by atoms with van der Waals surface area (Å²) in [4.78, 5) is 13.5. The summed E-state index contributed by atoms with van der Waals surface area (Å²) in [6.07, 6.45) is 5.11. The third-order valence-corrected chi connectivity index (χ3v) is 3.49. The molecule has 1 aliphatic heterocycles. The molecule has 94 valence electrons. The van der Waals surface area contributed by atoms with Crippen molar-refractivity contribution in [3.8, 4) is 0 Å². The SMILES string of the molecule is CCCC1CCN(CC(C)C(=O)NO)CC1. The van der Waals surface area contributed by atoms with E-state index in [1.807, 2.05) is 6.92 Å². The zero-order valence-electron chi connectivity index (χ0n) is 10.4. The van der Waals surface area contributed by atoms with E-state index in [4.69, 9.17) is 5.21 Å². The standard InChI is InChI=1S/C12H24N2O2/c1-3-4-11-5-7-14(8-6-11)9-10(2)12(15)13-16/h10-11,16H,3-9H2,1-2H3,(H,13,15). The summed E-state index contributed by atoms with van der Waals surface area (Å²) in [5.74, 6) is 0.464. The van der Waals surface area contributed by atoms with Crippen molar-refractivity contribution in [3.05, 3.63) is 0 Å². The van der Waals surface area contributed by atoms with Crippen molar-refractivity contribution in [1.29, 1.82) is 0 Å². The first-order valence-corrected chi connectivity index (χ1v) is 6.33. The Balaban J connectivity index is 2.24. The first kappa shape index (κ1) is 13.5. The van der Waals surface area contributed by atoms with Crippen molar-refractivity contribution in [1.82, 2.24) is 10.4 Å². The number of nitrogens with zero attached hydrogens (tertiary/aromatic N) is 1. The van der Waals surface area contributed by atoms with Gasteiger partial charge in [0, 0.05) is 12.5 Å². The zero-order chi connectivity index (χ0) is 12.0. The van der Waals surface area contributed by atoms with Gasteiger partial charge in [0.1, 0.15) is 0 Å². The first-order valence-electron chi connectivity index (χ1n) is 6.33. The van der Waals surface area contributed by atoms with Crippen LogP contribution in [0.3, 0.4) is 0 Å². The normalized spacial score (nSPS) is 20.7. The second-order valence-electron chi connectivity index (χ2n) is 4.91. The van der Waals surface area contributed by atoms with Gasteiger partial charge in [0.15, 0.2) is 0 Å². The van der Waals surface area contributed by atoms with Crippen LogP contribution in [0.2, 0.25) is 0 Å².